The van der Waals surface area contributed by atoms with Crippen LogP contribution in [-0.2, 0) is 4.79 Å². The van der Waals surface area contributed by atoms with Crippen molar-refractivity contribution in [1.82, 2.24) is 15.1 Å². The first-order valence-corrected chi connectivity index (χ1v) is 9.71. The van der Waals surface area contributed by atoms with E-state index in [2.05, 4.69) is 5.32 Å². The van der Waals surface area contributed by atoms with Gasteiger partial charge in [-0.05, 0) is 30.9 Å². The second-order valence-corrected chi connectivity index (χ2v) is 7.29. The molecule has 1 aliphatic carbocycles. The molecule has 1 aromatic carbocycles. The van der Waals surface area contributed by atoms with E-state index in [9.17, 15) is 9.59 Å². The summed E-state index contributed by atoms with van der Waals surface area (Å²) in [5, 5.41) is 3.16. The highest BCUT2D eigenvalue weighted by Gasteiger charge is 2.25. The molecule has 26 heavy (non-hydrogen) atoms. The standard InChI is InChI=1S/C21H29N3O2/c1-17(18-8-4-2-5-9-18)16-20(25)23-12-14-24(15-13-23)21(26)22-19-10-6-3-7-11-19/h2,4-5,8-9,16,19H,3,6-7,10-15H2,1H3,(H,22,26)/b17-16+. The van der Waals surface area contributed by atoms with Crippen molar-refractivity contribution in [3.05, 3.63) is 42.0 Å². The fraction of sp³-hybridized carbons (Fsp3) is 0.524. The Morgan fingerprint density at radius 2 is 1.58 bits per heavy atom. The van der Waals surface area contributed by atoms with E-state index in [-0.39, 0.29) is 11.9 Å². The second-order valence-electron chi connectivity index (χ2n) is 7.29. The number of hydrogen-bond donors (Lipinski definition) is 1. The Bertz CT molecular complexity index is 642. The van der Waals surface area contributed by atoms with Crippen LogP contribution in [-0.4, -0.2) is 54.0 Å². The summed E-state index contributed by atoms with van der Waals surface area (Å²) in [6, 6.07) is 10.3. The molecule has 1 aromatic rings. The van der Waals surface area contributed by atoms with E-state index in [4.69, 9.17) is 0 Å². The molecule has 2 fully saturated rings. The fourth-order valence-electron chi connectivity index (χ4n) is 3.70. The van der Waals surface area contributed by atoms with Crippen LogP contribution in [0.2, 0.25) is 0 Å². The minimum absolute atomic E-state index is 0.0266. The number of allylic oxidation sites excluding steroid dienone is 1. The van der Waals surface area contributed by atoms with Gasteiger partial charge >= 0.3 is 6.03 Å². The Labute approximate surface area is 156 Å². The van der Waals surface area contributed by atoms with Crippen molar-refractivity contribution < 1.29 is 9.59 Å². The van der Waals surface area contributed by atoms with Gasteiger partial charge in [0.25, 0.3) is 0 Å². The summed E-state index contributed by atoms with van der Waals surface area (Å²) in [5.74, 6) is 0.0266. The van der Waals surface area contributed by atoms with Crippen LogP contribution in [0.3, 0.4) is 0 Å². The predicted octanol–water partition coefficient (Wildman–Crippen LogP) is 3.28. The Balaban J connectivity index is 1.48. The van der Waals surface area contributed by atoms with Crippen LogP contribution in [0.1, 0.15) is 44.6 Å². The molecule has 0 aromatic heterocycles. The maximum Gasteiger partial charge on any atom is 0.317 e. The van der Waals surface area contributed by atoms with Gasteiger partial charge < -0.3 is 15.1 Å². The molecule has 1 N–H and O–H groups in total. The second kappa shape index (κ2) is 8.88. The maximum absolute atomic E-state index is 12.5. The Morgan fingerprint density at radius 1 is 0.962 bits per heavy atom. The summed E-state index contributed by atoms with van der Waals surface area (Å²) in [7, 11) is 0. The van der Waals surface area contributed by atoms with Gasteiger partial charge in [0.15, 0.2) is 0 Å². The van der Waals surface area contributed by atoms with E-state index in [0.717, 1.165) is 24.0 Å². The highest BCUT2D eigenvalue weighted by atomic mass is 16.2. The van der Waals surface area contributed by atoms with E-state index in [1.807, 2.05) is 47.1 Å². The number of nitrogens with one attached hydrogen (secondary N) is 1. The molecule has 2 aliphatic rings. The highest BCUT2D eigenvalue weighted by molar-refractivity contribution is 5.95. The van der Waals surface area contributed by atoms with Crippen LogP contribution in [0.4, 0.5) is 4.79 Å². The summed E-state index contributed by atoms with van der Waals surface area (Å²) in [4.78, 5) is 28.6. The van der Waals surface area contributed by atoms with Crippen molar-refractivity contribution in [3.63, 3.8) is 0 Å². The third-order valence-electron chi connectivity index (χ3n) is 5.38. The lowest BCUT2D eigenvalue weighted by Crippen LogP contribution is -2.54. The number of nitrogens with zero attached hydrogens (tertiary/aromatic N) is 2. The van der Waals surface area contributed by atoms with Gasteiger partial charge in [0.1, 0.15) is 0 Å². The van der Waals surface area contributed by atoms with Crippen LogP contribution < -0.4 is 5.32 Å². The third-order valence-corrected chi connectivity index (χ3v) is 5.38. The molecule has 5 heteroatoms. The summed E-state index contributed by atoms with van der Waals surface area (Å²) in [6.07, 6.45) is 7.58. The van der Waals surface area contributed by atoms with E-state index >= 15 is 0 Å². The zero-order valence-corrected chi connectivity index (χ0v) is 15.6. The van der Waals surface area contributed by atoms with Crippen molar-refractivity contribution in [3.8, 4) is 0 Å². The lowest BCUT2D eigenvalue weighted by atomic mass is 9.96. The largest absolute Gasteiger partial charge is 0.336 e. The Morgan fingerprint density at radius 3 is 2.23 bits per heavy atom. The highest BCUT2D eigenvalue weighted by Crippen LogP contribution is 2.18. The molecule has 1 saturated carbocycles. The van der Waals surface area contributed by atoms with Crippen molar-refractivity contribution >= 4 is 17.5 Å². The Hall–Kier alpha value is -2.30. The molecule has 3 amide bonds. The van der Waals surface area contributed by atoms with Gasteiger partial charge in [-0.25, -0.2) is 4.79 Å². The van der Waals surface area contributed by atoms with Gasteiger partial charge in [-0.15, -0.1) is 0 Å². The van der Waals surface area contributed by atoms with Gasteiger partial charge in [-0.2, -0.15) is 0 Å². The summed E-state index contributed by atoms with van der Waals surface area (Å²) < 4.78 is 0. The quantitative estimate of drug-likeness (QED) is 0.846. The van der Waals surface area contributed by atoms with Gasteiger partial charge in [0, 0.05) is 38.3 Å². The number of urea groups is 1. The molecule has 0 radical (unpaired) electrons. The SMILES string of the molecule is C/C(=C\C(=O)N1CCN(C(=O)NC2CCCCC2)CC1)c1ccccc1. The van der Waals surface area contributed by atoms with E-state index in [0.29, 0.717) is 32.2 Å². The van der Waals surface area contributed by atoms with Crippen molar-refractivity contribution in [2.75, 3.05) is 26.2 Å². The van der Waals surface area contributed by atoms with Crippen LogP contribution in [0.25, 0.3) is 5.57 Å². The first-order chi connectivity index (χ1) is 12.6. The first-order valence-electron chi connectivity index (χ1n) is 9.71. The molecule has 0 atom stereocenters. The average Bonchev–Trinajstić information content (AvgIpc) is 2.69. The van der Waals surface area contributed by atoms with Crippen LogP contribution >= 0.6 is 0 Å². The lowest BCUT2D eigenvalue weighted by Gasteiger charge is -2.35. The third kappa shape index (κ3) is 4.87. The van der Waals surface area contributed by atoms with Crippen molar-refractivity contribution in [2.45, 2.75) is 45.1 Å². The zero-order valence-electron chi connectivity index (χ0n) is 15.6. The molecule has 1 saturated heterocycles. The van der Waals surface area contributed by atoms with Crippen molar-refractivity contribution in [2.24, 2.45) is 0 Å². The van der Waals surface area contributed by atoms with Gasteiger partial charge in [-0.3, -0.25) is 4.79 Å². The van der Waals surface area contributed by atoms with Gasteiger partial charge in [0.05, 0.1) is 0 Å². The molecular formula is C21H29N3O2. The topological polar surface area (TPSA) is 52.7 Å². The number of carbonyl (C=O) groups excluding carboxylic acids is 2. The molecule has 1 heterocycles. The van der Waals surface area contributed by atoms with Crippen LogP contribution in [0.15, 0.2) is 36.4 Å². The maximum atomic E-state index is 12.5. The van der Waals surface area contributed by atoms with Crippen LogP contribution in [0, 0.1) is 0 Å². The first kappa shape index (κ1) is 18.5. The lowest BCUT2D eigenvalue weighted by molar-refractivity contribution is -0.127. The minimum Gasteiger partial charge on any atom is -0.336 e. The number of benzene rings is 1. The van der Waals surface area contributed by atoms with Crippen molar-refractivity contribution in [1.29, 1.82) is 0 Å². The zero-order chi connectivity index (χ0) is 18.4. The van der Waals surface area contributed by atoms with E-state index < -0.39 is 0 Å². The molecule has 3 rings (SSSR count). The number of amides is 3. The Kier molecular flexibility index (Phi) is 6.31. The van der Waals surface area contributed by atoms with Crippen LogP contribution in [0.5, 0.6) is 0 Å². The normalized spacial score (nSPS) is 19.3. The number of rotatable bonds is 3. The molecule has 1 aliphatic heterocycles. The molecule has 140 valence electrons. The predicted molar refractivity (Wildman–Crippen MR) is 104 cm³/mol. The number of carbonyl (C=O) groups is 2. The molecule has 0 bridgehead atoms. The fourth-order valence-corrected chi connectivity index (χ4v) is 3.70. The number of piperazine rings is 1. The summed E-state index contributed by atoms with van der Waals surface area (Å²) in [6.45, 7) is 4.34. The molecule has 0 unspecified atom stereocenters. The van der Waals surface area contributed by atoms with Gasteiger partial charge in [0.2, 0.25) is 5.91 Å². The monoisotopic (exact) mass is 355 g/mol. The average molecular weight is 355 g/mol. The summed E-state index contributed by atoms with van der Waals surface area (Å²) >= 11 is 0. The number of hydrogen-bond acceptors (Lipinski definition) is 2. The molecular weight excluding hydrogens is 326 g/mol. The molecule has 0 spiro atoms. The van der Waals surface area contributed by atoms with E-state index in [1.165, 1.54) is 19.3 Å². The summed E-state index contributed by atoms with van der Waals surface area (Å²) in [5.41, 5.74) is 2.03. The molecule has 5 nitrogen and oxygen atoms in total. The minimum atomic E-state index is 0.0266. The van der Waals surface area contributed by atoms with E-state index in [1.54, 1.807) is 6.08 Å². The smallest absolute Gasteiger partial charge is 0.317 e. The van der Waals surface area contributed by atoms with Gasteiger partial charge in [-0.1, -0.05) is 49.6 Å².